The highest BCUT2D eigenvalue weighted by atomic mass is 16.2. The average molecular weight is 327 g/mol. The van der Waals surface area contributed by atoms with E-state index >= 15 is 0 Å². The van der Waals surface area contributed by atoms with E-state index in [1.807, 2.05) is 36.7 Å². The number of para-hydroxylation sites is 1. The van der Waals surface area contributed by atoms with Crippen molar-refractivity contribution in [1.82, 2.24) is 15.1 Å². The van der Waals surface area contributed by atoms with Crippen molar-refractivity contribution in [2.45, 2.75) is 52.2 Å². The number of aromatic nitrogens is 2. The molecule has 1 aromatic carbocycles. The maximum Gasteiger partial charge on any atom is 0.278 e. The van der Waals surface area contributed by atoms with Gasteiger partial charge in [0.15, 0.2) is 6.04 Å². The van der Waals surface area contributed by atoms with Crippen molar-refractivity contribution < 1.29 is 9.69 Å². The molecule has 1 fully saturated rings. The molecular formula is C19H27N4O+. The number of hydrogen-bond donors (Lipinski definition) is 2. The molecular weight excluding hydrogens is 300 g/mol. The maximum absolute atomic E-state index is 12.3. The minimum absolute atomic E-state index is 0.0653. The molecule has 1 amide bonds. The third-order valence-electron chi connectivity index (χ3n) is 4.95. The minimum atomic E-state index is -0.0653. The Hall–Kier alpha value is -2.14. The fraction of sp³-hybridized carbons (Fsp3) is 0.474. The van der Waals surface area contributed by atoms with Crippen LogP contribution in [-0.4, -0.2) is 34.8 Å². The summed E-state index contributed by atoms with van der Waals surface area (Å²) >= 11 is 0. The third-order valence-corrected chi connectivity index (χ3v) is 4.95. The molecule has 0 bridgehead atoms. The summed E-state index contributed by atoms with van der Waals surface area (Å²) in [6.07, 6.45) is 2.25. The molecule has 0 spiro atoms. The van der Waals surface area contributed by atoms with Crippen molar-refractivity contribution in [3.63, 3.8) is 0 Å². The summed E-state index contributed by atoms with van der Waals surface area (Å²) in [5.74, 6) is 0.153. The van der Waals surface area contributed by atoms with Crippen molar-refractivity contribution >= 4 is 5.91 Å². The fourth-order valence-electron chi connectivity index (χ4n) is 2.96. The van der Waals surface area contributed by atoms with Crippen LogP contribution in [0.2, 0.25) is 0 Å². The number of rotatable bonds is 6. The van der Waals surface area contributed by atoms with Crippen LogP contribution in [-0.2, 0) is 11.3 Å². The predicted molar refractivity (Wildman–Crippen MR) is 94.3 cm³/mol. The van der Waals surface area contributed by atoms with Gasteiger partial charge in [0.25, 0.3) is 5.91 Å². The number of carbonyl (C=O) groups is 1. The van der Waals surface area contributed by atoms with E-state index in [1.165, 1.54) is 10.5 Å². The van der Waals surface area contributed by atoms with Crippen LogP contribution in [0.5, 0.6) is 0 Å². The van der Waals surface area contributed by atoms with Crippen LogP contribution in [0.3, 0.4) is 0 Å². The Morgan fingerprint density at radius 3 is 2.62 bits per heavy atom. The Morgan fingerprint density at radius 1 is 1.33 bits per heavy atom. The molecule has 0 saturated heterocycles. The van der Waals surface area contributed by atoms with Gasteiger partial charge in [-0.15, -0.1) is 0 Å². The van der Waals surface area contributed by atoms with Crippen molar-refractivity contribution in [1.29, 1.82) is 0 Å². The normalized spacial score (nSPS) is 16.7. The molecule has 1 saturated carbocycles. The van der Waals surface area contributed by atoms with Crippen LogP contribution in [0.15, 0.2) is 30.3 Å². The molecule has 1 aliphatic rings. The summed E-state index contributed by atoms with van der Waals surface area (Å²) in [6.45, 7) is 6.94. The summed E-state index contributed by atoms with van der Waals surface area (Å²) in [5.41, 5.74) is 4.47. The highest BCUT2D eigenvalue weighted by Gasteiger charge is 2.30. The molecule has 24 heavy (non-hydrogen) atoms. The van der Waals surface area contributed by atoms with E-state index in [0.717, 1.165) is 36.5 Å². The first kappa shape index (κ1) is 16.7. The van der Waals surface area contributed by atoms with Gasteiger partial charge >= 0.3 is 0 Å². The summed E-state index contributed by atoms with van der Waals surface area (Å²) in [7, 11) is 2.08. The molecule has 1 aromatic heterocycles. The lowest BCUT2D eigenvalue weighted by atomic mass is 10.1. The third kappa shape index (κ3) is 3.51. The zero-order valence-electron chi connectivity index (χ0n) is 15.0. The van der Waals surface area contributed by atoms with Gasteiger partial charge in [-0.2, -0.15) is 5.10 Å². The van der Waals surface area contributed by atoms with Crippen molar-refractivity contribution in [2.24, 2.45) is 0 Å². The van der Waals surface area contributed by atoms with Crippen LogP contribution in [0.4, 0.5) is 0 Å². The van der Waals surface area contributed by atoms with Crippen molar-refractivity contribution in [3.8, 4) is 5.69 Å². The fourth-order valence-corrected chi connectivity index (χ4v) is 2.96. The van der Waals surface area contributed by atoms with Gasteiger partial charge < -0.3 is 10.2 Å². The van der Waals surface area contributed by atoms with Gasteiger partial charge in [0, 0.05) is 6.04 Å². The number of benzene rings is 1. The van der Waals surface area contributed by atoms with Crippen molar-refractivity contribution in [3.05, 3.63) is 47.3 Å². The minimum Gasteiger partial charge on any atom is -0.348 e. The molecule has 1 heterocycles. The first-order valence-electron chi connectivity index (χ1n) is 8.70. The van der Waals surface area contributed by atoms with Gasteiger partial charge in [0.05, 0.1) is 29.7 Å². The first-order chi connectivity index (χ1) is 11.5. The second kappa shape index (κ2) is 6.77. The number of carbonyl (C=O) groups excluding carboxylic acids is 1. The Kier molecular flexibility index (Phi) is 4.71. The van der Waals surface area contributed by atoms with Gasteiger partial charge in [0.2, 0.25) is 0 Å². The Labute approximate surface area is 143 Å². The van der Waals surface area contributed by atoms with Crippen LogP contribution in [0.25, 0.3) is 5.69 Å². The monoisotopic (exact) mass is 327 g/mol. The molecule has 1 unspecified atom stereocenters. The summed E-state index contributed by atoms with van der Waals surface area (Å²) in [5, 5.41) is 7.80. The summed E-state index contributed by atoms with van der Waals surface area (Å²) in [4.78, 5) is 13.5. The van der Waals surface area contributed by atoms with Crippen molar-refractivity contribution in [2.75, 3.05) is 7.05 Å². The lowest BCUT2D eigenvalue weighted by Gasteiger charge is -2.21. The highest BCUT2D eigenvalue weighted by Crippen LogP contribution is 2.19. The number of nitrogens with zero attached hydrogens (tertiary/aromatic N) is 2. The topological polar surface area (TPSA) is 51.4 Å². The Bertz CT molecular complexity index is 718. The zero-order valence-corrected chi connectivity index (χ0v) is 15.0. The van der Waals surface area contributed by atoms with E-state index in [0.29, 0.717) is 6.04 Å². The molecule has 5 heteroatoms. The molecule has 2 N–H and O–H groups in total. The molecule has 1 aliphatic carbocycles. The smallest absolute Gasteiger partial charge is 0.278 e. The van der Waals surface area contributed by atoms with Gasteiger partial charge in [-0.3, -0.25) is 4.79 Å². The quantitative estimate of drug-likeness (QED) is 0.837. The average Bonchev–Trinajstić information content (AvgIpc) is 3.35. The van der Waals surface area contributed by atoms with Gasteiger partial charge in [-0.05, 0) is 45.7 Å². The number of amides is 1. The standard InChI is InChI=1S/C19H26N4O/c1-13-18(12-22(4)15(3)19(24)20-16-10-11-16)14(2)23(21-13)17-8-6-5-7-9-17/h5-9,15-16H,10-12H2,1-4H3,(H,20,24)/p+1/t15-/m1/s1. The van der Waals surface area contributed by atoms with Gasteiger partial charge in [-0.25, -0.2) is 4.68 Å². The molecule has 3 rings (SSSR count). The molecule has 128 valence electrons. The molecule has 0 aliphatic heterocycles. The predicted octanol–water partition coefficient (Wildman–Crippen LogP) is 1.17. The maximum atomic E-state index is 12.3. The van der Waals surface area contributed by atoms with E-state index in [2.05, 4.69) is 31.4 Å². The largest absolute Gasteiger partial charge is 0.348 e. The van der Waals surface area contributed by atoms with Crippen LogP contribution < -0.4 is 10.2 Å². The number of hydrogen-bond acceptors (Lipinski definition) is 2. The van der Waals surface area contributed by atoms with Gasteiger partial charge in [0.1, 0.15) is 6.54 Å². The lowest BCUT2D eigenvalue weighted by Crippen LogP contribution is -3.12. The Morgan fingerprint density at radius 2 is 2.00 bits per heavy atom. The highest BCUT2D eigenvalue weighted by molar-refractivity contribution is 5.80. The van der Waals surface area contributed by atoms with E-state index in [4.69, 9.17) is 5.10 Å². The molecule has 2 aromatic rings. The Balaban J connectivity index is 1.75. The molecule has 5 nitrogen and oxygen atoms in total. The number of nitrogens with one attached hydrogen (secondary N) is 2. The van der Waals surface area contributed by atoms with Crippen LogP contribution in [0.1, 0.15) is 36.7 Å². The van der Waals surface area contributed by atoms with Gasteiger partial charge in [-0.1, -0.05) is 18.2 Å². The van der Waals surface area contributed by atoms with E-state index in [9.17, 15) is 4.79 Å². The van der Waals surface area contributed by atoms with E-state index in [1.54, 1.807) is 0 Å². The first-order valence-corrected chi connectivity index (χ1v) is 8.70. The number of likely N-dealkylation sites (N-methyl/N-ethyl adjacent to an activating group) is 1. The second-order valence-corrected chi connectivity index (χ2v) is 6.92. The molecule has 2 atom stereocenters. The summed E-state index contributed by atoms with van der Waals surface area (Å²) in [6, 6.07) is 10.5. The van der Waals surface area contributed by atoms with Crippen LogP contribution >= 0.6 is 0 Å². The van der Waals surface area contributed by atoms with Crippen LogP contribution in [0, 0.1) is 13.8 Å². The second-order valence-electron chi connectivity index (χ2n) is 6.92. The zero-order chi connectivity index (χ0) is 17.3. The van der Waals surface area contributed by atoms with E-state index < -0.39 is 0 Å². The number of quaternary nitrogens is 1. The SMILES string of the molecule is Cc1nn(-c2ccccc2)c(C)c1C[NH+](C)[C@H](C)C(=O)NC1CC1. The molecule has 0 radical (unpaired) electrons. The lowest BCUT2D eigenvalue weighted by molar-refractivity contribution is -0.908. The summed E-state index contributed by atoms with van der Waals surface area (Å²) < 4.78 is 1.99. The van der Waals surface area contributed by atoms with E-state index in [-0.39, 0.29) is 11.9 Å². The number of aryl methyl sites for hydroxylation is 1.